The highest BCUT2D eigenvalue weighted by molar-refractivity contribution is 6.06. The Bertz CT molecular complexity index is 1090. The van der Waals surface area contributed by atoms with Gasteiger partial charge in [-0.05, 0) is 54.7 Å². The zero-order valence-electron chi connectivity index (χ0n) is 15.5. The van der Waals surface area contributed by atoms with E-state index in [1.165, 1.54) is 17.5 Å². The maximum atomic E-state index is 12.9. The Kier molecular flexibility index (Phi) is 4.08. The number of aryl methyl sites for hydroxylation is 2. The molecule has 2 aromatic carbocycles. The summed E-state index contributed by atoms with van der Waals surface area (Å²) in [6.45, 7) is 0.418. The molecule has 2 aliphatic rings. The molecule has 5 nitrogen and oxygen atoms in total. The fraction of sp³-hybridized carbons (Fsp3) is 0.261. The number of benzene rings is 2. The van der Waals surface area contributed by atoms with Gasteiger partial charge in [0.05, 0.1) is 17.1 Å². The van der Waals surface area contributed by atoms with Crippen molar-refractivity contribution in [3.63, 3.8) is 0 Å². The van der Waals surface area contributed by atoms with Crippen LogP contribution in [0, 0.1) is 5.92 Å². The van der Waals surface area contributed by atoms with Crippen LogP contribution < -0.4 is 10.2 Å². The van der Waals surface area contributed by atoms with Crippen LogP contribution in [0.15, 0.2) is 54.7 Å². The summed E-state index contributed by atoms with van der Waals surface area (Å²) in [4.78, 5) is 31.6. The summed E-state index contributed by atoms with van der Waals surface area (Å²) in [5, 5.41) is 3.96. The number of carbonyl (C=O) groups excluding carboxylic acids is 2. The van der Waals surface area contributed by atoms with Gasteiger partial charge in [-0.15, -0.1) is 0 Å². The number of para-hydroxylation sites is 1. The van der Waals surface area contributed by atoms with E-state index in [0.717, 1.165) is 29.4 Å². The number of carbonyl (C=O) groups is 2. The van der Waals surface area contributed by atoms with E-state index in [-0.39, 0.29) is 24.2 Å². The van der Waals surface area contributed by atoms with Crippen LogP contribution in [-0.4, -0.2) is 23.3 Å². The molecule has 0 spiro atoms. The second-order valence-corrected chi connectivity index (χ2v) is 7.58. The third-order valence-corrected chi connectivity index (χ3v) is 5.78. The number of pyridine rings is 1. The molecule has 1 N–H and O–H groups in total. The van der Waals surface area contributed by atoms with Crippen LogP contribution in [0.3, 0.4) is 0 Å². The number of hydrogen-bond donors (Lipinski definition) is 1. The lowest BCUT2D eigenvalue weighted by Gasteiger charge is -2.18. The van der Waals surface area contributed by atoms with Crippen molar-refractivity contribution in [1.29, 1.82) is 0 Å². The van der Waals surface area contributed by atoms with E-state index in [4.69, 9.17) is 0 Å². The highest BCUT2D eigenvalue weighted by atomic mass is 16.2. The van der Waals surface area contributed by atoms with E-state index in [1.54, 1.807) is 11.1 Å². The maximum Gasteiger partial charge on any atom is 0.229 e. The molecule has 1 saturated heterocycles. The third-order valence-electron chi connectivity index (χ3n) is 5.78. The second-order valence-electron chi connectivity index (χ2n) is 7.58. The van der Waals surface area contributed by atoms with Gasteiger partial charge in [0.2, 0.25) is 11.8 Å². The Morgan fingerprint density at radius 1 is 1.07 bits per heavy atom. The monoisotopic (exact) mass is 371 g/mol. The van der Waals surface area contributed by atoms with Crippen molar-refractivity contribution in [1.82, 2.24) is 4.98 Å². The van der Waals surface area contributed by atoms with Crippen LogP contribution in [0.2, 0.25) is 0 Å². The molecule has 28 heavy (non-hydrogen) atoms. The molecule has 5 rings (SSSR count). The van der Waals surface area contributed by atoms with Gasteiger partial charge in [-0.25, -0.2) is 0 Å². The van der Waals surface area contributed by atoms with Crippen molar-refractivity contribution in [3.8, 4) is 0 Å². The minimum atomic E-state index is -0.361. The highest BCUT2D eigenvalue weighted by Gasteiger charge is 2.35. The summed E-state index contributed by atoms with van der Waals surface area (Å²) in [5.41, 5.74) is 5.07. The van der Waals surface area contributed by atoms with E-state index in [2.05, 4.69) is 22.4 Å². The van der Waals surface area contributed by atoms with E-state index in [9.17, 15) is 9.59 Å². The molecule has 1 atom stereocenters. The van der Waals surface area contributed by atoms with Gasteiger partial charge in [0.1, 0.15) is 0 Å². The fourth-order valence-corrected chi connectivity index (χ4v) is 4.30. The standard InChI is InChI=1S/C23H21N3O2/c27-21-13-18(14-26(21)19-10-9-15-4-1-6-17(15)12-19)23(28)25-20-8-2-5-16-7-3-11-24-22(16)20/h2-3,5,7-12,18H,1,4,6,13-14H2,(H,25,28)/t18-/m0/s1. The fourth-order valence-electron chi connectivity index (χ4n) is 4.30. The van der Waals surface area contributed by atoms with Crippen LogP contribution in [0.5, 0.6) is 0 Å². The Balaban J connectivity index is 1.34. The molecular weight excluding hydrogens is 350 g/mol. The van der Waals surface area contributed by atoms with Crippen molar-refractivity contribution in [2.24, 2.45) is 5.92 Å². The number of nitrogens with one attached hydrogen (secondary N) is 1. The molecule has 2 amide bonds. The normalized spacial score (nSPS) is 18.5. The molecule has 140 valence electrons. The first-order valence-electron chi connectivity index (χ1n) is 9.76. The summed E-state index contributed by atoms with van der Waals surface area (Å²) >= 11 is 0. The average Bonchev–Trinajstić information content (AvgIpc) is 3.34. The largest absolute Gasteiger partial charge is 0.324 e. The van der Waals surface area contributed by atoms with Crippen LogP contribution in [-0.2, 0) is 22.4 Å². The lowest BCUT2D eigenvalue weighted by molar-refractivity contribution is -0.122. The zero-order chi connectivity index (χ0) is 19.1. The molecule has 0 bridgehead atoms. The van der Waals surface area contributed by atoms with Gasteiger partial charge < -0.3 is 10.2 Å². The molecule has 0 saturated carbocycles. The van der Waals surface area contributed by atoms with E-state index in [0.29, 0.717) is 12.2 Å². The molecule has 1 fully saturated rings. The quantitative estimate of drug-likeness (QED) is 0.763. The number of anilines is 2. The predicted octanol–water partition coefficient (Wildman–Crippen LogP) is 3.72. The van der Waals surface area contributed by atoms with Gasteiger partial charge >= 0.3 is 0 Å². The molecule has 3 aromatic rings. The minimum absolute atomic E-state index is 0.00846. The van der Waals surface area contributed by atoms with Crippen LogP contribution in [0.1, 0.15) is 24.0 Å². The molecule has 0 radical (unpaired) electrons. The molecule has 1 aliphatic heterocycles. The van der Waals surface area contributed by atoms with Crippen LogP contribution in [0.4, 0.5) is 11.4 Å². The van der Waals surface area contributed by atoms with Crippen LogP contribution in [0.25, 0.3) is 10.9 Å². The van der Waals surface area contributed by atoms with Gasteiger partial charge in [-0.2, -0.15) is 0 Å². The van der Waals surface area contributed by atoms with Crippen molar-refractivity contribution in [2.45, 2.75) is 25.7 Å². The SMILES string of the molecule is O=C(Nc1cccc2cccnc12)[C@H]1CC(=O)N(c2ccc3c(c2)CCC3)C1. The molecule has 2 heterocycles. The summed E-state index contributed by atoms with van der Waals surface area (Å²) < 4.78 is 0. The lowest BCUT2D eigenvalue weighted by atomic mass is 10.1. The topological polar surface area (TPSA) is 62.3 Å². The molecule has 1 aliphatic carbocycles. The molecule has 1 aromatic heterocycles. The maximum absolute atomic E-state index is 12.9. The van der Waals surface area contributed by atoms with E-state index >= 15 is 0 Å². The zero-order valence-corrected chi connectivity index (χ0v) is 15.5. The van der Waals surface area contributed by atoms with Crippen molar-refractivity contribution in [3.05, 3.63) is 65.9 Å². The second kappa shape index (κ2) is 6.75. The number of fused-ring (bicyclic) bond motifs is 2. The van der Waals surface area contributed by atoms with Crippen molar-refractivity contribution in [2.75, 3.05) is 16.8 Å². The first kappa shape index (κ1) is 16.9. The summed E-state index contributed by atoms with van der Waals surface area (Å²) in [7, 11) is 0. The summed E-state index contributed by atoms with van der Waals surface area (Å²) in [6, 6.07) is 15.8. The van der Waals surface area contributed by atoms with Gasteiger partial charge in [0.15, 0.2) is 0 Å². The average molecular weight is 371 g/mol. The number of aromatic nitrogens is 1. The number of amides is 2. The van der Waals surface area contributed by atoms with Gasteiger partial charge in [0.25, 0.3) is 0 Å². The minimum Gasteiger partial charge on any atom is -0.324 e. The number of nitrogens with zero attached hydrogens (tertiary/aromatic N) is 2. The number of hydrogen-bond acceptors (Lipinski definition) is 3. The van der Waals surface area contributed by atoms with Crippen molar-refractivity contribution < 1.29 is 9.59 Å². The smallest absolute Gasteiger partial charge is 0.229 e. The predicted molar refractivity (Wildman–Crippen MR) is 109 cm³/mol. The Labute approximate surface area is 163 Å². The first-order chi connectivity index (χ1) is 13.7. The van der Waals surface area contributed by atoms with Gasteiger partial charge in [0, 0.05) is 30.2 Å². The van der Waals surface area contributed by atoms with Gasteiger partial charge in [-0.1, -0.05) is 24.3 Å². The Hall–Kier alpha value is -3.21. The molecular formula is C23H21N3O2. The number of rotatable bonds is 3. The van der Waals surface area contributed by atoms with Crippen LogP contribution >= 0.6 is 0 Å². The summed E-state index contributed by atoms with van der Waals surface area (Å²) in [6.07, 6.45) is 5.32. The van der Waals surface area contributed by atoms with E-state index in [1.807, 2.05) is 36.4 Å². The van der Waals surface area contributed by atoms with E-state index < -0.39 is 0 Å². The third kappa shape index (κ3) is 2.93. The molecule has 5 heteroatoms. The first-order valence-corrected chi connectivity index (χ1v) is 9.76. The van der Waals surface area contributed by atoms with Gasteiger partial charge in [-0.3, -0.25) is 14.6 Å². The lowest BCUT2D eigenvalue weighted by Crippen LogP contribution is -2.28. The summed E-state index contributed by atoms with van der Waals surface area (Å²) in [5.74, 6) is -0.482. The Morgan fingerprint density at radius 2 is 1.93 bits per heavy atom. The highest BCUT2D eigenvalue weighted by Crippen LogP contribution is 2.31. The molecule has 0 unspecified atom stereocenters. The van der Waals surface area contributed by atoms with Crippen molar-refractivity contribution >= 4 is 34.1 Å². The Morgan fingerprint density at radius 3 is 2.86 bits per heavy atom.